The van der Waals surface area contributed by atoms with Gasteiger partial charge in [-0.15, -0.1) is 11.8 Å². The summed E-state index contributed by atoms with van der Waals surface area (Å²) in [5.41, 5.74) is -1.86. The smallest absolute Gasteiger partial charge is 0.238 e. The van der Waals surface area contributed by atoms with Crippen LogP contribution in [0, 0.1) is 0 Å². The predicted molar refractivity (Wildman–Crippen MR) is 143 cm³/mol. The molecule has 2 saturated carbocycles. The number of aromatic nitrogens is 2. The van der Waals surface area contributed by atoms with Crippen molar-refractivity contribution in [1.29, 1.82) is 0 Å². The second-order valence-electron chi connectivity index (χ2n) is 12.0. The predicted octanol–water partition coefficient (Wildman–Crippen LogP) is 3.18. The van der Waals surface area contributed by atoms with E-state index in [1.165, 1.54) is 17.1 Å². The molecule has 2 aliphatic heterocycles. The van der Waals surface area contributed by atoms with Crippen molar-refractivity contribution in [3.63, 3.8) is 0 Å². The number of carbonyl (C=O) groups excluding carboxylic acids is 1. The molecule has 0 radical (unpaired) electrons. The topological polar surface area (TPSA) is 117 Å². The minimum Gasteiger partial charge on any atom is -0.388 e. The second-order valence-corrected chi connectivity index (χ2v) is 13.2. The number of rotatable bonds is 7. The number of nitrogens with zero attached hydrogens (tertiary/aromatic N) is 3. The molecular formula is C28H36F3N3O6S. The van der Waals surface area contributed by atoms with E-state index in [-0.39, 0.29) is 25.0 Å². The van der Waals surface area contributed by atoms with Crippen LogP contribution in [0.1, 0.15) is 68.9 Å². The van der Waals surface area contributed by atoms with Gasteiger partial charge in [-0.2, -0.15) is 5.10 Å². The van der Waals surface area contributed by atoms with Crippen LogP contribution in [0.25, 0.3) is 0 Å². The van der Waals surface area contributed by atoms with Crippen LogP contribution in [-0.2, 0) is 14.3 Å². The Balaban J connectivity index is 1.28. The summed E-state index contributed by atoms with van der Waals surface area (Å²) in [5.74, 6) is -4.96. The number of amides is 1. The first-order valence-corrected chi connectivity index (χ1v) is 15.3. The highest BCUT2D eigenvalue weighted by molar-refractivity contribution is 8.01. The van der Waals surface area contributed by atoms with Crippen molar-refractivity contribution >= 4 is 17.7 Å². The first-order valence-electron chi connectivity index (χ1n) is 14.3. The second kappa shape index (κ2) is 11.3. The number of carbonyl (C=O) groups is 1. The molecule has 0 aromatic carbocycles. The first-order chi connectivity index (χ1) is 19.6. The number of aliphatic hydroxyl groups is 3. The molecule has 8 atom stereocenters. The average Bonchev–Trinajstić information content (AvgIpc) is 3.65. The zero-order valence-corrected chi connectivity index (χ0v) is 23.6. The van der Waals surface area contributed by atoms with Gasteiger partial charge in [0.15, 0.2) is 11.7 Å². The van der Waals surface area contributed by atoms with E-state index in [4.69, 9.17) is 9.47 Å². The van der Waals surface area contributed by atoms with E-state index in [0.717, 1.165) is 49.9 Å². The van der Waals surface area contributed by atoms with Crippen LogP contribution in [0.5, 0.6) is 0 Å². The van der Waals surface area contributed by atoms with Gasteiger partial charge in [0.05, 0.1) is 18.4 Å². The van der Waals surface area contributed by atoms with Crippen LogP contribution < -0.4 is 0 Å². The molecule has 6 rings (SSSR count). The van der Waals surface area contributed by atoms with Gasteiger partial charge in [-0.05, 0) is 43.7 Å². The van der Waals surface area contributed by atoms with Crippen LogP contribution in [0.15, 0.2) is 36.0 Å². The van der Waals surface area contributed by atoms with Crippen LogP contribution in [-0.4, -0.2) is 96.3 Å². The molecule has 2 saturated heterocycles. The fraction of sp³-hybridized carbons (Fsp3) is 0.714. The van der Waals surface area contributed by atoms with E-state index in [1.54, 1.807) is 11.9 Å². The Bertz CT molecular complexity index is 1220. The van der Waals surface area contributed by atoms with Crippen LogP contribution in [0.2, 0.25) is 0 Å². The van der Waals surface area contributed by atoms with Gasteiger partial charge in [-0.25, -0.2) is 13.2 Å². The minimum atomic E-state index is -1.50. The zero-order valence-electron chi connectivity index (χ0n) is 22.7. The summed E-state index contributed by atoms with van der Waals surface area (Å²) in [4.78, 5) is 15.5. The zero-order chi connectivity index (χ0) is 29.1. The number of halogens is 3. The molecule has 4 fully saturated rings. The number of allylic oxidation sites excluding steroid dienone is 4. The van der Waals surface area contributed by atoms with Gasteiger partial charge in [-0.3, -0.25) is 9.48 Å². The van der Waals surface area contributed by atoms with Crippen LogP contribution >= 0.6 is 11.8 Å². The molecule has 1 aromatic heterocycles. The highest BCUT2D eigenvalue weighted by atomic mass is 32.2. The Morgan fingerprint density at radius 2 is 1.93 bits per heavy atom. The third kappa shape index (κ3) is 5.27. The highest BCUT2D eigenvalue weighted by Gasteiger charge is 2.56. The van der Waals surface area contributed by atoms with Crippen molar-refractivity contribution in [3.05, 3.63) is 41.5 Å². The Morgan fingerprint density at radius 3 is 2.59 bits per heavy atom. The van der Waals surface area contributed by atoms with Gasteiger partial charge in [-0.1, -0.05) is 12.8 Å². The van der Waals surface area contributed by atoms with E-state index in [2.05, 4.69) is 5.10 Å². The number of thioether (sulfide) groups is 1. The summed E-state index contributed by atoms with van der Waals surface area (Å²) in [7, 11) is 1.75. The van der Waals surface area contributed by atoms with Gasteiger partial charge >= 0.3 is 0 Å². The summed E-state index contributed by atoms with van der Waals surface area (Å²) in [6.07, 6.45) is 5.00. The highest BCUT2D eigenvalue weighted by Crippen LogP contribution is 2.47. The summed E-state index contributed by atoms with van der Waals surface area (Å²) < 4.78 is 54.9. The van der Waals surface area contributed by atoms with Crippen molar-refractivity contribution in [3.8, 4) is 0 Å². The number of hydrogen-bond donors (Lipinski definition) is 3. The Hall–Kier alpha value is -1.90. The van der Waals surface area contributed by atoms with Crippen molar-refractivity contribution in [2.75, 3.05) is 13.7 Å². The van der Waals surface area contributed by atoms with Crippen molar-refractivity contribution < 1.29 is 42.8 Å². The van der Waals surface area contributed by atoms with E-state index in [1.807, 2.05) is 0 Å². The Morgan fingerprint density at radius 1 is 1.20 bits per heavy atom. The quantitative estimate of drug-likeness (QED) is 0.438. The SMILES string of the molecule is CN(C(=O)[C@@H](S[C@@H]1OC2C(O)CO[C@@H]2C(n2cc(C3C=C(F)C(F)=C(F)C3)cn2)C1O)C1(O)CCCC1)C1CCC1. The van der Waals surface area contributed by atoms with E-state index >= 15 is 0 Å². The number of hydrogen-bond acceptors (Lipinski definition) is 8. The lowest BCUT2D eigenvalue weighted by atomic mass is 9.90. The van der Waals surface area contributed by atoms with Gasteiger partial charge < -0.3 is 29.7 Å². The molecule has 41 heavy (non-hydrogen) atoms. The number of ether oxygens (including phenoxy) is 2. The molecule has 3 aliphatic carbocycles. The molecule has 0 bridgehead atoms. The Kier molecular flexibility index (Phi) is 8.05. The lowest BCUT2D eigenvalue weighted by Gasteiger charge is -2.45. The number of aliphatic hydroxyl groups excluding tert-OH is 2. The third-order valence-electron chi connectivity index (χ3n) is 9.39. The van der Waals surface area contributed by atoms with Crippen molar-refractivity contribution in [2.45, 2.75) is 110 Å². The summed E-state index contributed by atoms with van der Waals surface area (Å²) >= 11 is 1.07. The van der Waals surface area contributed by atoms with E-state index < -0.39 is 70.1 Å². The first kappa shape index (κ1) is 29.2. The summed E-state index contributed by atoms with van der Waals surface area (Å²) in [6, 6.07) is -0.755. The molecule has 3 N–H and O–H groups in total. The molecule has 5 aliphatic rings. The Labute approximate surface area is 240 Å². The molecule has 1 amide bonds. The average molecular weight is 600 g/mol. The monoisotopic (exact) mass is 599 g/mol. The molecule has 3 heterocycles. The standard InChI is InChI=1S/C28H36F3N3O6S/c1-33(16-5-4-6-16)26(37)25(28(38)7-2-3-8-28)41-27-22(36)21(24-23(40-27)19(35)13-39-24)34-12-15(11-32-34)14-9-17(29)20(31)18(30)10-14/h9,11-12,14,16,19,21-25,27,35-36,38H,2-8,10,13H2,1H3/t14?,19?,21?,22?,23?,24-,25-,27+/m1/s1. The van der Waals surface area contributed by atoms with E-state index in [9.17, 15) is 33.3 Å². The van der Waals surface area contributed by atoms with Crippen molar-refractivity contribution in [2.24, 2.45) is 0 Å². The normalized spacial score (nSPS) is 36.1. The third-order valence-corrected chi connectivity index (χ3v) is 11.0. The van der Waals surface area contributed by atoms with Gasteiger partial charge in [0, 0.05) is 31.6 Å². The molecular weight excluding hydrogens is 563 g/mol. The molecule has 0 spiro atoms. The van der Waals surface area contributed by atoms with Crippen LogP contribution in [0.3, 0.4) is 0 Å². The summed E-state index contributed by atoms with van der Waals surface area (Å²) in [5, 5.41) is 37.4. The van der Waals surface area contributed by atoms with Crippen molar-refractivity contribution in [1.82, 2.24) is 14.7 Å². The maximum Gasteiger partial charge on any atom is 0.238 e. The molecule has 13 heteroatoms. The summed E-state index contributed by atoms with van der Waals surface area (Å²) in [6.45, 7) is -0.0351. The fourth-order valence-corrected chi connectivity index (χ4v) is 8.22. The number of fused-ring (bicyclic) bond motifs is 1. The van der Waals surface area contributed by atoms with Gasteiger partial charge in [0.1, 0.15) is 47.0 Å². The maximum absolute atomic E-state index is 14.0. The molecule has 5 unspecified atom stereocenters. The lowest BCUT2D eigenvalue weighted by molar-refractivity contribution is -0.162. The minimum absolute atomic E-state index is 0.0351. The van der Waals surface area contributed by atoms with E-state index in [0.29, 0.717) is 18.4 Å². The van der Waals surface area contributed by atoms with Crippen LogP contribution in [0.4, 0.5) is 13.2 Å². The molecule has 1 aromatic rings. The fourth-order valence-electron chi connectivity index (χ4n) is 6.67. The van der Waals surface area contributed by atoms with Gasteiger partial charge in [0.2, 0.25) is 5.91 Å². The lowest BCUT2D eigenvalue weighted by Crippen LogP contribution is -2.57. The molecule has 9 nitrogen and oxygen atoms in total. The maximum atomic E-state index is 14.0. The largest absolute Gasteiger partial charge is 0.388 e. The molecule has 226 valence electrons. The van der Waals surface area contributed by atoms with Gasteiger partial charge in [0.25, 0.3) is 0 Å².